The van der Waals surface area contributed by atoms with Crippen LogP contribution in [0.3, 0.4) is 0 Å². The molecule has 116 valence electrons. The highest BCUT2D eigenvalue weighted by Crippen LogP contribution is 2.39. The van der Waals surface area contributed by atoms with E-state index in [-0.39, 0.29) is 5.60 Å². The van der Waals surface area contributed by atoms with Gasteiger partial charge in [-0.05, 0) is 24.5 Å². The second-order valence-electron chi connectivity index (χ2n) is 6.08. The minimum Gasteiger partial charge on any atom is -0.487 e. The fourth-order valence-electron chi connectivity index (χ4n) is 3.16. The Kier molecular flexibility index (Phi) is 3.71. The molecule has 2 aliphatic rings. The van der Waals surface area contributed by atoms with Gasteiger partial charge in [0.25, 0.3) is 10.2 Å². The van der Waals surface area contributed by atoms with Gasteiger partial charge in [0.15, 0.2) is 0 Å². The molecule has 1 fully saturated rings. The summed E-state index contributed by atoms with van der Waals surface area (Å²) in [6.45, 7) is 1.06. The van der Waals surface area contributed by atoms with Gasteiger partial charge in [-0.1, -0.05) is 18.2 Å². The Morgan fingerprint density at radius 1 is 1.14 bits per heavy atom. The molecule has 0 radical (unpaired) electrons. The molecule has 0 unspecified atom stereocenters. The molecule has 21 heavy (non-hydrogen) atoms. The Hall–Kier alpha value is -1.11. The van der Waals surface area contributed by atoms with Crippen molar-refractivity contribution in [1.82, 2.24) is 8.61 Å². The van der Waals surface area contributed by atoms with Crippen molar-refractivity contribution in [3.05, 3.63) is 29.8 Å². The third-order valence-electron chi connectivity index (χ3n) is 4.57. The Morgan fingerprint density at radius 2 is 1.81 bits per heavy atom. The standard InChI is InChI=1S/C15H22N2O3S/c1-16(2)21(18,19)17-11-9-15(10-12-17)8-7-13-5-3-4-6-14(13)20-15/h3-6H,7-12H2,1-2H3. The fraction of sp³-hybridized carbons (Fsp3) is 0.600. The summed E-state index contributed by atoms with van der Waals surface area (Å²) >= 11 is 0. The SMILES string of the molecule is CN(C)S(=O)(=O)N1CCC2(CCc3ccccc3O2)CC1. The number of aryl methyl sites for hydroxylation is 1. The molecule has 0 saturated carbocycles. The Bertz CT molecular complexity index is 620. The van der Waals surface area contributed by atoms with Crippen molar-refractivity contribution in [2.45, 2.75) is 31.3 Å². The van der Waals surface area contributed by atoms with Crippen molar-refractivity contribution >= 4 is 10.2 Å². The maximum Gasteiger partial charge on any atom is 0.281 e. The molecule has 0 aromatic heterocycles. The normalized spacial score (nSPS) is 22.0. The lowest BCUT2D eigenvalue weighted by atomic mass is 9.84. The largest absolute Gasteiger partial charge is 0.487 e. The summed E-state index contributed by atoms with van der Waals surface area (Å²) in [7, 11) is -0.152. The second kappa shape index (κ2) is 5.26. The first-order valence-electron chi connectivity index (χ1n) is 7.38. The monoisotopic (exact) mass is 310 g/mol. The predicted octanol–water partition coefficient (Wildman–Crippen LogP) is 1.65. The molecular weight excluding hydrogens is 288 g/mol. The van der Waals surface area contributed by atoms with Crippen LogP contribution >= 0.6 is 0 Å². The summed E-state index contributed by atoms with van der Waals surface area (Å²) in [5, 5.41) is 0. The molecule has 0 atom stereocenters. The van der Waals surface area contributed by atoms with E-state index >= 15 is 0 Å². The van der Waals surface area contributed by atoms with Crippen LogP contribution in [0.5, 0.6) is 5.75 Å². The third kappa shape index (κ3) is 2.67. The Balaban J connectivity index is 1.72. The highest BCUT2D eigenvalue weighted by molar-refractivity contribution is 7.86. The van der Waals surface area contributed by atoms with E-state index in [0.29, 0.717) is 13.1 Å². The van der Waals surface area contributed by atoms with Crippen molar-refractivity contribution < 1.29 is 13.2 Å². The van der Waals surface area contributed by atoms with Gasteiger partial charge in [0.1, 0.15) is 11.4 Å². The highest BCUT2D eigenvalue weighted by atomic mass is 32.2. The lowest BCUT2D eigenvalue weighted by Crippen LogP contribution is -2.53. The maximum absolute atomic E-state index is 12.2. The van der Waals surface area contributed by atoms with E-state index in [4.69, 9.17) is 4.74 Å². The zero-order valence-electron chi connectivity index (χ0n) is 12.6. The zero-order valence-corrected chi connectivity index (χ0v) is 13.4. The van der Waals surface area contributed by atoms with Crippen LogP contribution in [0.15, 0.2) is 24.3 Å². The van der Waals surface area contributed by atoms with E-state index in [1.54, 1.807) is 18.4 Å². The van der Waals surface area contributed by atoms with Gasteiger partial charge in [-0.2, -0.15) is 17.0 Å². The van der Waals surface area contributed by atoms with Crippen LogP contribution in [0.25, 0.3) is 0 Å². The van der Waals surface area contributed by atoms with Gasteiger partial charge in [-0.3, -0.25) is 0 Å². The van der Waals surface area contributed by atoms with Gasteiger partial charge in [0.2, 0.25) is 0 Å². The summed E-state index contributed by atoms with van der Waals surface area (Å²) in [6, 6.07) is 8.14. The van der Waals surface area contributed by atoms with Crippen LogP contribution in [0.2, 0.25) is 0 Å². The van der Waals surface area contributed by atoms with Crippen LogP contribution < -0.4 is 4.74 Å². The van der Waals surface area contributed by atoms with Gasteiger partial charge < -0.3 is 4.74 Å². The lowest BCUT2D eigenvalue weighted by Gasteiger charge is -2.44. The molecule has 5 nitrogen and oxygen atoms in total. The first-order chi connectivity index (χ1) is 9.93. The van der Waals surface area contributed by atoms with Gasteiger partial charge >= 0.3 is 0 Å². The van der Waals surface area contributed by atoms with E-state index in [2.05, 4.69) is 6.07 Å². The number of benzene rings is 1. The first kappa shape index (κ1) is 14.8. The number of piperidine rings is 1. The molecule has 2 aliphatic heterocycles. The molecule has 1 spiro atoms. The lowest BCUT2D eigenvalue weighted by molar-refractivity contribution is 0.00109. The number of fused-ring (bicyclic) bond motifs is 1. The second-order valence-corrected chi connectivity index (χ2v) is 8.22. The van der Waals surface area contributed by atoms with E-state index in [1.807, 2.05) is 18.2 Å². The number of hydrogen-bond donors (Lipinski definition) is 0. The Morgan fingerprint density at radius 3 is 2.48 bits per heavy atom. The summed E-state index contributed by atoms with van der Waals surface area (Å²) in [5.74, 6) is 0.965. The number of hydrogen-bond acceptors (Lipinski definition) is 3. The predicted molar refractivity (Wildman–Crippen MR) is 81.5 cm³/mol. The molecule has 0 N–H and O–H groups in total. The van der Waals surface area contributed by atoms with Gasteiger partial charge in [-0.15, -0.1) is 0 Å². The van der Waals surface area contributed by atoms with Gasteiger partial charge in [0.05, 0.1) is 0 Å². The molecule has 0 amide bonds. The Labute approximate surface area is 126 Å². The molecule has 1 aromatic carbocycles. The van der Waals surface area contributed by atoms with Crippen LogP contribution in [-0.2, 0) is 16.6 Å². The third-order valence-corrected chi connectivity index (χ3v) is 6.51. The number of ether oxygens (including phenoxy) is 1. The number of rotatable bonds is 2. The molecule has 1 aromatic rings. The smallest absolute Gasteiger partial charge is 0.281 e. The van der Waals surface area contributed by atoms with Crippen LogP contribution in [0, 0.1) is 0 Å². The highest BCUT2D eigenvalue weighted by Gasteiger charge is 2.42. The molecular formula is C15H22N2O3S. The maximum atomic E-state index is 12.2. The zero-order chi connectivity index (χ0) is 15.1. The van der Waals surface area contributed by atoms with Crippen molar-refractivity contribution in [1.29, 1.82) is 0 Å². The van der Waals surface area contributed by atoms with Crippen LogP contribution in [0.1, 0.15) is 24.8 Å². The first-order valence-corrected chi connectivity index (χ1v) is 8.77. The minimum atomic E-state index is -3.30. The number of para-hydroxylation sites is 1. The number of nitrogens with zero attached hydrogens (tertiary/aromatic N) is 2. The minimum absolute atomic E-state index is 0.188. The average molecular weight is 310 g/mol. The van der Waals surface area contributed by atoms with Crippen molar-refractivity contribution in [3.63, 3.8) is 0 Å². The topological polar surface area (TPSA) is 49.9 Å². The van der Waals surface area contributed by atoms with E-state index in [9.17, 15) is 8.42 Å². The summed E-state index contributed by atoms with van der Waals surface area (Å²) in [5.41, 5.74) is 1.07. The fourth-order valence-corrected chi connectivity index (χ4v) is 4.27. The summed E-state index contributed by atoms with van der Waals surface area (Å²) in [6.07, 6.45) is 3.50. The van der Waals surface area contributed by atoms with Crippen molar-refractivity contribution in [2.75, 3.05) is 27.2 Å². The van der Waals surface area contributed by atoms with Crippen molar-refractivity contribution in [2.24, 2.45) is 0 Å². The molecule has 0 aliphatic carbocycles. The van der Waals surface area contributed by atoms with Gasteiger partial charge in [0, 0.05) is 40.0 Å². The molecule has 6 heteroatoms. The summed E-state index contributed by atoms with van der Waals surface area (Å²) in [4.78, 5) is 0. The van der Waals surface area contributed by atoms with E-state index < -0.39 is 10.2 Å². The quantitative estimate of drug-likeness (QED) is 0.834. The molecule has 1 saturated heterocycles. The van der Waals surface area contributed by atoms with Crippen LogP contribution in [0.4, 0.5) is 0 Å². The van der Waals surface area contributed by atoms with E-state index in [0.717, 1.165) is 31.4 Å². The molecule has 3 rings (SSSR count). The average Bonchev–Trinajstić information content (AvgIpc) is 2.47. The summed E-state index contributed by atoms with van der Waals surface area (Å²) < 4.78 is 33.4. The van der Waals surface area contributed by atoms with E-state index in [1.165, 1.54) is 9.87 Å². The molecule has 0 bridgehead atoms. The van der Waals surface area contributed by atoms with Crippen LogP contribution in [-0.4, -0.2) is 49.8 Å². The van der Waals surface area contributed by atoms with Crippen molar-refractivity contribution in [3.8, 4) is 5.75 Å². The van der Waals surface area contributed by atoms with Gasteiger partial charge in [-0.25, -0.2) is 0 Å². The molecule has 2 heterocycles.